The van der Waals surface area contributed by atoms with Crippen LogP contribution in [0.2, 0.25) is 0 Å². The molecule has 6 heteroatoms. The van der Waals surface area contributed by atoms with E-state index >= 15 is 0 Å². The number of nitro groups is 1. The number of nitrogens with zero attached hydrogens (tertiary/aromatic N) is 1. The maximum Gasteiger partial charge on any atom is 0.231 e. The highest BCUT2D eigenvalue weighted by Gasteiger charge is 2.08. The van der Waals surface area contributed by atoms with Gasteiger partial charge in [0.05, 0.1) is 7.11 Å². The summed E-state index contributed by atoms with van der Waals surface area (Å²) in [5.74, 6) is 0.776. The van der Waals surface area contributed by atoms with Crippen molar-refractivity contribution in [1.29, 1.82) is 0 Å². The van der Waals surface area contributed by atoms with Gasteiger partial charge in [0.2, 0.25) is 6.54 Å². The topological polar surface area (TPSA) is 90.4 Å². The van der Waals surface area contributed by atoms with Gasteiger partial charge in [-0.1, -0.05) is 12.1 Å². The summed E-state index contributed by atoms with van der Waals surface area (Å²) in [7, 11) is 1.60. The average molecular weight is 225 g/mol. The van der Waals surface area contributed by atoms with Crippen molar-refractivity contribution < 1.29 is 9.66 Å². The molecule has 0 aliphatic heterocycles. The van der Waals surface area contributed by atoms with Gasteiger partial charge in [-0.15, -0.1) is 0 Å². The van der Waals surface area contributed by atoms with Crippen LogP contribution in [0.5, 0.6) is 5.75 Å². The molecule has 0 saturated heterocycles. The standard InChI is InChI=1S/C10H15N3O3/c1-16-9-4-2-8(3-5-9)6-12-10(11)7-13(14)15/h2-5,10,12H,6-7,11H2,1H3. The molecular weight excluding hydrogens is 210 g/mol. The van der Waals surface area contributed by atoms with Crippen LogP contribution in [0.4, 0.5) is 0 Å². The lowest BCUT2D eigenvalue weighted by Crippen LogP contribution is -2.42. The van der Waals surface area contributed by atoms with Gasteiger partial charge in [-0.2, -0.15) is 0 Å². The third kappa shape index (κ3) is 4.24. The zero-order valence-electron chi connectivity index (χ0n) is 9.05. The van der Waals surface area contributed by atoms with Gasteiger partial charge in [0.15, 0.2) is 0 Å². The van der Waals surface area contributed by atoms with E-state index in [-0.39, 0.29) is 6.54 Å². The maximum atomic E-state index is 10.2. The number of nitrogens with two attached hydrogens (primary N) is 1. The number of benzene rings is 1. The van der Waals surface area contributed by atoms with Crippen molar-refractivity contribution in [1.82, 2.24) is 5.32 Å². The van der Waals surface area contributed by atoms with Crippen LogP contribution in [0.15, 0.2) is 24.3 Å². The molecule has 1 atom stereocenters. The summed E-state index contributed by atoms with van der Waals surface area (Å²) in [6, 6.07) is 7.42. The van der Waals surface area contributed by atoms with Gasteiger partial charge in [-0.25, -0.2) is 0 Å². The summed E-state index contributed by atoms with van der Waals surface area (Å²) in [6.45, 7) is 0.217. The minimum atomic E-state index is -0.628. The molecule has 0 heterocycles. The van der Waals surface area contributed by atoms with Crippen LogP contribution in [0.1, 0.15) is 5.56 Å². The molecular formula is C10H15N3O3. The molecule has 0 aliphatic carbocycles. The first-order valence-corrected chi connectivity index (χ1v) is 4.85. The van der Waals surface area contributed by atoms with Gasteiger partial charge in [-0.05, 0) is 17.7 Å². The van der Waals surface area contributed by atoms with Crippen molar-refractivity contribution >= 4 is 0 Å². The molecule has 6 nitrogen and oxygen atoms in total. The van der Waals surface area contributed by atoms with E-state index in [0.717, 1.165) is 11.3 Å². The second-order valence-corrected chi connectivity index (χ2v) is 3.35. The minimum Gasteiger partial charge on any atom is -0.497 e. The SMILES string of the molecule is COc1ccc(CNC(N)C[N+](=O)[O-])cc1. The Balaban J connectivity index is 2.39. The second-order valence-electron chi connectivity index (χ2n) is 3.35. The van der Waals surface area contributed by atoms with Crippen LogP contribution in [0, 0.1) is 10.1 Å². The van der Waals surface area contributed by atoms with E-state index in [1.807, 2.05) is 24.3 Å². The van der Waals surface area contributed by atoms with E-state index in [0.29, 0.717) is 6.54 Å². The van der Waals surface area contributed by atoms with Crippen LogP contribution in [0.3, 0.4) is 0 Å². The number of rotatable bonds is 6. The van der Waals surface area contributed by atoms with Crippen molar-refractivity contribution in [2.75, 3.05) is 13.7 Å². The van der Waals surface area contributed by atoms with Crippen LogP contribution in [-0.2, 0) is 6.54 Å². The molecule has 1 unspecified atom stereocenters. The molecule has 1 aromatic rings. The highest BCUT2D eigenvalue weighted by molar-refractivity contribution is 5.26. The highest BCUT2D eigenvalue weighted by atomic mass is 16.6. The van der Waals surface area contributed by atoms with Crippen LogP contribution < -0.4 is 15.8 Å². The molecule has 16 heavy (non-hydrogen) atoms. The Morgan fingerprint density at radius 1 is 1.50 bits per heavy atom. The largest absolute Gasteiger partial charge is 0.497 e. The summed E-state index contributed by atoms with van der Waals surface area (Å²) in [5.41, 5.74) is 6.50. The van der Waals surface area contributed by atoms with E-state index in [1.54, 1.807) is 7.11 Å². The van der Waals surface area contributed by atoms with Crippen molar-refractivity contribution in [3.05, 3.63) is 39.9 Å². The van der Waals surface area contributed by atoms with Crippen LogP contribution in [-0.4, -0.2) is 24.7 Å². The van der Waals surface area contributed by atoms with Gasteiger partial charge in [0.25, 0.3) is 0 Å². The summed E-state index contributed by atoms with van der Waals surface area (Å²) in [5, 5.41) is 13.0. The molecule has 3 N–H and O–H groups in total. The van der Waals surface area contributed by atoms with Gasteiger partial charge in [0, 0.05) is 11.5 Å². The predicted octanol–water partition coefficient (Wildman–Crippen LogP) is 0.346. The molecule has 0 aliphatic rings. The zero-order chi connectivity index (χ0) is 12.0. The maximum absolute atomic E-state index is 10.2. The van der Waals surface area contributed by atoms with E-state index in [4.69, 9.17) is 10.5 Å². The fourth-order valence-electron chi connectivity index (χ4n) is 1.22. The van der Waals surface area contributed by atoms with Crippen molar-refractivity contribution in [3.8, 4) is 5.75 Å². The second kappa shape index (κ2) is 6.04. The quantitative estimate of drug-likeness (QED) is 0.414. The molecule has 1 aromatic carbocycles. The van der Waals surface area contributed by atoms with Gasteiger partial charge in [-0.3, -0.25) is 15.4 Å². The summed E-state index contributed by atoms with van der Waals surface area (Å²) in [6.07, 6.45) is -0.628. The molecule has 0 radical (unpaired) electrons. The smallest absolute Gasteiger partial charge is 0.231 e. The number of hydrogen-bond acceptors (Lipinski definition) is 5. The van der Waals surface area contributed by atoms with Gasteiger partial charge < -0.3 is 10.5 Å². The Labute approximate surface area is 93.5 Å². The Morgan fingerprint density at radius 2 is 2.12 bits per heavy atom. The number of nitrogens with one attached hydrogen (secondary N) is 1. The molecule has 0 spiro atoms. The number of ether oxygens (including phenoxy) is 1. The van der Waals surface area contributed by atoms with Crippen LogP contribution >= 0.6 is 0 Å². The number of hydrogen-bond donors (Lipinski definition) is 2. The molecule has 0 aromatic heterocycles. The summed E-state index contributed by atoms with van der Waals surface area (Å²) in [4.78, 5) is 9.73. The lowest BCUT2D eigenvalue weighted by Gasteiger charge is -2.09. The van der Waals surface area contributed by atoms with Crippen molar-refractivity contribution in [2.45, 2.75) is 12.7 Å². The first-order chi connectivity index (χ1) is 7.61. The lowest BCUT2D eigenvalue weighted by molar-refractivity contribution is -0.483. The molecule has 0 amide bonds. The molecule has 1 rings (SSSR count). The monoisotopic (exact) mass is 225 g/mol. The Hall–Kier alpha value is -1.66. The Bertz CT molecular complexity index is 340. The summed E-state index contributed by atoms with van der Waals surface area (Å²) < 4.78 is 5.01. The first kappa shape index (κ1) is 12.4. The Morgan fingerprint density at radius 3 is 2.62 bits per heavy atom. The number of methoxy groups -OCH3 is 1. The van der Waals surface area contributed by atoms with Gasteiger partial charge >= 0.3 is 0 Å². The van der Waals surface area contributed by atoms with E-state index in [9.17, 15) is 10.1 Å². The fraction of sp³-hybridized carbons (Fsp3) is 0.400. The van der Waals surface area contributed by atoms with E-state index in [2.05, 4.69) is 5.32 Å². The average Bonchev–Trinajstić information content (AvgIpc) is 2.26. The fourth-order valence-corrected chi connectivity index (χ4v) is 1.22. The third-order valence-corrected chi connectivity index (χ3v) is 2.07. The predicted molar refractivity (Wildman–Crippen MR) is 59.7 cm³/mol. The molecule has 88 valence electrons. The highest BCUT2D eigenvalue weighted by Crippen LogP contribution is 2.10. The minimum absolute atomic E-state index is 0.282. The van der Waals surface area contributed by atoms with Crippen molar-refractivity contribution in [3.63, 3.8) is 0 Å². The molecule has 0 fully saturated rings. The lowest BCUT2D eigenvalue weighted by atomic mass is 10.2. The molecule has 0 saturated carbocycles. The van der Waals surface area contributed by atoms with Crippen LogP contribution in [0.25, 0.3) is 0 Å². The normalized spacial score (nSPS) is 12.1. The van der Waals surface area contributed by atoms with E-state index < -0.39 is 11.1 Å². The van der Waals surface area contributed by atoms with Crippen molar-refractivity contribution in [2.24, 2.45) is 5.73 Å². The third-order valence-electron chi connectivity index (χ3n) is 2.07. The van der Waals surface area contributed by atoms with E-state index in [1.165, 1.54) is 0 Å². The zero-order valence-corrected chi connectivity index (χ0v) is 9.05. The van der Waals surface area contributed by atoms with Gasteiger partial charge in [0.1, 0.15) is 11.9 Å². The Kier molecular flexibility index (Phi) is 4.68. The first-order valence-electron chi connectivity index (χ1n) is 4.85. The summed E-state index contributed by atoms with van der Waals surface area (Å²) >= 11 is 0. The molecule has 0 bridgehead atoms.